The molecule has 1 saturated carbocycles. The molecule has 0 spiro atoms. The summed E-state index contributed by atoms with van der Waals surface area (Å²) in [5, 5.41) is 9.36. The molecule has 0 amide bonds. The zero-order chi connectivity index (χ0) is 9.90. The Labute approximate surface area is 82.5 Å². The summed E-state index contributed by atoms with van der Waals surface area (Å²) in [6, 6.07) is 0. The lowest BCUT2D eigenvalue weighted by molar-refractivity contribution is 0.103. The molecule has 1 aliphatic carbocycles. The third-order valence-electron chi connectivity index (χ3n) is 3.12. The van der Waals surface area contributed by atoms with Crippen molar-refractivity contribution in [2.24, 2.45) is 11.3 Å². The number of aliphatic hydroxyl groups excluding tert-OH is 1. The van der Waals surface area contributed by atoms with Gasteiger partial charge in [0.2, 0.25) is 0 Å². The third kappa shape index (κ3) is 4.66. The van der Waals surface area contributed by atoms with Gasteiger partial charge in [0.05, 0.1) is 6.10 Å². The van der Waals surface area contributed by atoms with Gasteiger partial charge in [-0.3, -0.25) is 0 Å². The molecule has 1 aliphatic rings. The highest BCUT2D eigenvalue weighted by Gasteiger charge is 2.21. The minimum Gasteiger partial charge on any atom is -0.393 e. The van der Waals surface area contributed by atoms with E-state index in [4.69, 9.17) is 0 Å². The van der Waals surface area contributed by atoms with E-state index in [1.807, 2.05) is 0 Å². The Bertz CT molecular complexity index is 138. The fourth-order valence-electron chi connectivity index (χ4n) is 2.07. The van der Waals surface area contributed by atoms with Crippen LogP contribution < -0.4 is 0 Å². The molecule has 1 fully saturated rings. The maximum Gasteiger partial charge on any atom is 0.0540 e. The average molecular weight is 184 g/mol. The lowest BCUT2D eigenvalue weighted by Crippen LogP contribution is -2.19. The molecular weight excluding hydrogens is 160 g/mol. The van der Waals surface area contributed by atoms with Crippen LogP contribution in [-0.2, 0) is 0 Å². The first-order valence-corrected chi connectivity index (χ1v) is 5.65. The van der Waals surface area contributed by atoms with E-state index in [-0.39, 0.29) is 6.10 Å². The van der Waals surface area contributed by atoms with Crippen LogP contribution in [0.3, 0.4) is 0 Å². The molecule has 0 radical (unpaired) electrons. The summed E-state index contributed by atoms with van der Waals surface area (Å²) in [6.45, 7) is 6.93. The summed E-state index contributed by atoms with van der Waals surface area (Å²) in [6.07, 6.45) is 7.26. The Morgan fingerprint density at radius 2 is 1.62 bits per heavy atom. The molecule has 0 heterocycles. The lowest BCUT2D eigenvalue weighted by Gasteiger charge is -2.28. The summed E-state index contributed by atoms with van der Waals surface area (Å²) in [7, 11) is 0. The van der Waals surface area contributed by atoms with Crippen LogP contribution in [0.2, 0.25) is 0 Å². The van der Waals surface area contributed by atoms with E-state index in [1.165, 1.54) is 25.7 Å². The molecule has 0 unspecified atom stereocenters. The molecule has 78 valence electrons. The maximum absolute atomic E-state index is 9.36. The van der Waals surface area contributed by atoms with Gasteiger partial charge in [-0.25, -0.2) is 0 Å². The van der Waals surface area contributed by atoms with Gasteiger partial charge < -0.3 is 5.11 Å². The average Bonchev–Trinajstić information content (AvgIpc) is 2.02. The van der Waals surface area contributed by atoms with Crippen molar-refractivity contribution in [1.82, 2.24) is 0 Å². The van der Waals surface area contributed by atoms with E-state index in [0.29, 0.717) is 5.41 Å². The van der Waals surface area contributed by atoms with E-state index in [9.17, 15) is 5.11 Å². The normalized spacial score (nSPS) is 30.5. The fourth-order valence-corrected chi connectivity index (χ4v) is 2.07. The molecule has 1 nitrogen and oxygen atoms in total. The maximum atomic E-state index is 9.36. The van der Waals surface area contributed by atoms with E-state index in [1.54, 1.807) is 0 Å². The van der Waals surface area contributed by atoms with Gasteiger partial charge in [0, 0.05) is 0 Å². The topological polar surface area (TPSA) is 20.2 Å². The molecule has 0 bridgehead atoms. The predicted octanol–water partition coefficient (Wildman–Crippen LogP) is 3.36. The predicted molar refractivity (Wildman–Crippen MR) is 56.7 cm³/mol. The standard InChI is InChI=1S/C12H24O/c1-12(2,3)9-8-10-4-6-11(13)7-5-10/h10-11,13H,4-9H2,1-3H3. The van der Waals surface area contributed by atoms with Crippen molar-refractivity contribution in [3.05, 3.63) is 0 Å². The highest BCUT2D eigenvalue weighted by Crippen LogP contribution is 2.31. The fraction of sp³-hybridized carbons (Fsp3) is 1.00. The van der Waals surface area contributed by atoms with Gasteiger partial charge in [-0.2, -0.15) is 0 Å². The summed E-state index contributed by atoms with van der Waals surface area (Å²) < 4.78 is 0. The molecule has 0 aliphatic heterocycles. The zero-order valence-electron chi connectivity index (χ0n) is 9.34. The van der Waals surface area contributed by atoms with Crippen LogP contribution >= 0.6 is 0 Å². The first kappa shape index (κ1) is 11.0. The van der Waals surface area contributed by atoms with Gasteiger partial charge in [0.25, 0.3) is 0 Å². The Balaban J connectivity index is 2.16. The number of aliphatic hydroxyl groups is 1. The van der Waals surface area contributed by atoms with Crippen LogP contribution in [0.25, 0.3) is 0 Å². The van der Waals surface area contributed by atoms with Gasteiger partial charge in [-0.15, -0.1) is 0 Å². The van der Waals surface area contributed by atoms with Crippen LogP contribution in [-0.4, -0.2) is 11.2 Å². The Morgan fingerprint density at radius 1 is 1.08 bits per heavy atom. The second-order valence-electron chi connectivity index (χ2n) is 5.77. The van der Waals surface area contributed by atoms with E-state index < -0.39 is 0 Å². The van der Waals surface area contributed by atoms with E-state index in [0.717, 1.165) is 18.8 Å². The monoisotopic (exact) mass is 184 g/mol. The van der Waals surface area contributed by atoms with Crippen LogP contribution in [0, 0.1) is 11.3 Å². The summed E-state index contributed by atoms with van der Waals surface area (Å²) in [4.78, 5) is 0. The molecule has 1 N–H and O–H groups in total. The summed E-state index contributed by atoms with van der Waals surface area (Å²) >= 11 is 0. The molecular formula is C12H24O. The van der Waals surface area contributed by atoms with Crippen molar-refractivity contribution in [3.63, 3.8) is 0 Å². The van der Waals surface area contributed by atoms with Crippen LogP contribution in [0.4, 0.5) is 0 Å². The zero-order valence-corrected chi connectivity index (χ0v) is 9.34. The van der Waals surface area contributed by atoms with E-state index in [2.05, 4.69) is 20.8 Å². The molecule has 0 aromatic carbocycles. The molecule has 0 aromatic rings. The SMILES string of the molecule is CC(C)(C)CCC1CCC(O)CC1. The van der Waals surface area contributed by atoms with Crippen molar-refractivity contribution in [2.45, 2.75) is 65.4 Å². The number of hydrogen-bond donors (Lipinski definition) is 1. The van der Waals surface area contributed by atoms with Crippen molar-refractivity contribution in [1.29, 1.82) is 0 Å². The minimum atomic E-state index is 0.00545. The first-order valence-electron chi connectivity index (χ1n) is 5.65. The highest BCUT2D eigenvalue weighted by molar-refractivity contribution is 4.73. The van der Waals surface area contributed by atoms with Gasteiger partial charge >= 0.3 is 0 Å². The molecule has 0 atom stereocenters. The van der Waals surface area contributed by atoms with E-state index >= 15 is 0 Å². The van der Waals surface area contributed by atoms with Crippen molar-refractivity contribution in [2.75, 3.05) is 0 Å². The molecule has 1 heteroatoms. The summed E-state index contributed by atoms with van der Waals surface area (Å²) in [5.74, 6) is 0.891. The van der Waals surface area contributed by atoms with Crippen LogP contribution in [0.5, 0.6) is 0 Å². The smallest absolute Gasteiger partial charge is 0.0540 e. The number of rotatable bonds is 2. The van der Waals surface area contributed by atoms with Crippen LogP contribution in [0.15, 0.2) is 0 Å². The molecule has 13 heavy (non-hydrogen) atoms. The van der Waals surface area contributed by atoms with Gasteiger partial charge in [0.1, 0.15) is 0 Å². The lowest BCUT2D eigenvalue weighted by atomic mass is 9.80. The second kappa shape index (κ2) is 4.45. The highest BCUT2D eigenvalue weighted by atomic mass is 16.3. The van der Waals surface area contributed by atoms with Crippen molar-refractivity contribution in [3.8, 4) is 0 Å². The Morgan fingerprint density at radius 3 is 2.08 bits per heavy atom. The van der Waals surface area contributed by atoms with Gasteiger partial charge in [-0.05, 0) is 49.9 Å². The van der Waals surface area contributed by atoms with Gasteiger partial charge in [0.15, 0.2) is 0 Å². The largest absolute Gasteiger partial charge is 0.393 e. The molecule has 1 rings (SSSR count). The minimum absolute atomic E-state index is 0.00545. The first-order chi connectivity index (χ1) is 5.97. The second-order valence-corrected chi connectivity index (χ2v) is 5.77. The molecule has 0 saturated heterocycles. The van der Waals surface area contributed by atoms with Gasteiger partial charge in [-0.1, -0.05) is 20.8 Å². The third-order valence-corrected chi connectivity index (χ3v) is 3.12. The Kier molecular flexibility index (Phi) is 3.78. The quantitative estimate of drug-likeness (QED) is 0.697. The van der Waals surface area contributed by atoms with Crippen molar-refractivity contribution >= 4 is 0 Å². The molecule has 0 aromatic heterocycles. The number of hydrogen-bond acceptors (Lipinski definition) is 1. The summed E-state index contributed by atoms with van der Waals surface area (Å²) in [5.41, 5.74) is 0.482. The van der Waals surface area contributed by atoms with Crippen LogP contribution in [0.1, 0.15) is 59.3 Å². The Hall–Kier alpha value is -0.0400. The van der Waals surface area contributed by atoms with Crippen molar-refractivity contribution < 1.29 is 5.11 Å².